The summed E-state index contributed by atoms with van der Waals surface area (Å²) in [5.74, 6) is -0.795. The fourth-order valence-electron chi connectivity index (χ4n) is 2.22. The average Bonchev–Trinajstić information content (AvgIpc) is 3.06. The van der Waals surface area contributed by atoms with Gasteiger partial charge in [0.2, 0.25) is 0 Å². The lowest BCUT2D eigenvalue weighted by molar-refractivity contribution is -0.274. The van der Waals surface area contributed by atoms with E-state index in [2.05, 4.69) is 20.3 Å². The van der Waals surface area contributed by atoms with E-state index in [1.807, 2.05) is 30.3 Å². The van der Waals surface area contributed by atoms with Gasteiger partial charge < -0.3 is 10.1 Å². The first-order chi connectivity index (χ1) is 11.9. The van der Waals surface area contributed by atoms with Crippen LogP contribution in [-0.4, -0.2) is 22.5 Å². The van der Waals surface area contributed by atoms with Gasteiger partial charge in [-0.15, -0.1) is 13.2 Å². The first-order valence-corrected chi connectivity index (χ1v) is 7.18. The number of ether oxygens (including phenoxy) is 1. The number of hydrogen-bond donors (Lipinski definition) is 2. The molecule has 128 valence electrons. The van der Waals surface area contributed by atoms with Crippen molar-refractivity contribution in [1.82, 2.24) is 10.2 Å². The van der Waals surface area contributed by atoms with Crippen LogP contribution in [0, 0.1) is 0 Å². The Morgan fingerprint density at radius 2 is 1.72 bits per heavy atom. The van der Waals surface area contributed by atoms with E-state index < -0.39 is 12.3 Å². The average molecular weight is 347 g/mol. The van der Waals surface area contributed by atoms with Gasteiger partial charge in [-0.3, -0.25) is 9.89 Å². The fourth-order valence-corrected chi connectivity index (χ4v) is 2.22. The van der Waals surface area contributed by atoms with Crippen molar-refractivity contribution in [2.75, 3.05) is 5.32 Å². The molecule has 0 aliphatic carbocycles. The van der Waals surface area contributed by atoms with Crippen molar-refractivity contribution in [2.45, 2.75) is 6.36 Å². The molecule has 0 bridgehead atoms. The Hall–Kier alpha value is -3.29. The van der Waals surface area contributed by atoms with Crippen LogP contribution in [0.1, 0.15) is 10.4 Å². The molecule has 0 fully saturated rings. The largest absolute Gasteiger partial charge is 0.573 e. The number of benzene rings is 2. The Kier molecular flexibility index (Phi) is 4.42. The second kappa shape index (κ2) is 6.68. The van der Waals surface area contributed by atoms with E-state index in [-0.39, 0.29) is 5.75 Å². The zero-order valence-corrected chi connectivity index (χ0v) is 12.7. The molecule has 0 radical (unpaired) electrons. The molecule has 2 aromatic carbocycles. The maximum atomic E-state index is 12.4. The summed E-state index contributed by atoms with van der Waals surface area (Å²) in [6.45, 7) is 0. The lowest BCUT2D eigenvalue weighted by Gasteiger charge is -2.10. The third kappa shape index (κ3) is 4.17. The molecule has 3 aromatic rings. The zero-order chi connectivity index (χ0) is 17.9. The second-order valence-electron chi connectivity index (χ2n) is 5.05. The number of halogens is 3. The number of aromatic amines is 1. The van der Waals surface area contributed by atoms with Crippen molar-refractivity contribution >= 4 is 11.6 Å². The van der Waals surface area contributed by atoms with Crippen LogP contribution in [0.25, 0.3) is 11.3 Å². The predicted octanol–water partition coefficient (Wildman–Crippen LogP) is 4.23. The number of hydrogen-bond acceptors (Lipinski definition) is 3. The van der Waals surface area contributed by atoms with Crippen molar-refractivity contribution in [1.29, 1.82) is 0 Å². The van der Waals surface area contributed by atoms with Crippen LogP contribution < -0.4 is 10.1 Å². The maximum absolute atomic E-state index is 12.4. The Balaban J connectivity index is 1.74. The topological polar surface area (TPSA) is 67.0 Å². The van der Waals surface area contributed by atoms with E-state index in [9.17, 15) is 18.0 Å². The standard InChI is InChI=1S/C17H12F3N3O2/c18-17(19,20)25-13-8-6-12(7-9-13)22-16(24)14-10-21-23-15(14)11-4-2-1-3-5-11/h1-10H,(H,21,23)(H,22,24). The van der Waals surface area contributed by atoms with E-state index in [1.54, 1.807) is 0 Å². The minimum Gasteiger partial charge on any atom is -0.406 e. The van der Waals surface area contributed by atoms with Crippen molar-refractivity contribution in [3.8, 4) is 17.0 Å². The SMILES string of the molecule is O=C(Nc1ccc(OC(F)(F)F)cc1)c1cn[nH]c1-c1ccccc1. The predicted molar refractivity (Wildman–Crippen MR) is 85.1 cm³/mol. The van der Waals surface area contributed by atoms with Crippen molar-refractivity contribution in [2.24, 2.45) is 0 Å². The fraction of sp³-hybridized carbons (Fsp3) is 0.0588. The number of rotatable bonds is 4. The number of nitrogens with zero attached hydrogens (tertiary/aromatic N) is 1. The normalized spacial score (nSPS) is 11.2. The number of anilines is 1. The van der Waals surface area contributed by atoms with Crippen LogP contribution in [0.5, 0.6) is 5.75 Å². The molecular formula is C17H12F3N3O2. The minimum atomic E-state index is -4.76. The highest BCUT2D eigenvalue weighted by molar-refractivity contribution is 6.07. The molecule has 1 aromatic heterocycles. The molecule has 1 amide bonds. The van der Waals surface area contributed by atoms with Crippen molar-refractivity contribution < 1.29 is 22.7 Å². The van der Waals surface area contributed by atoms with Gasteiger partial charge in [-0.2, -0.15) is 5.10 Å². The van der Waals surface area contributed by atoms with Gasteiger partial charge in [-0.25, -0.2) is 0 Å². The highest BCUT2D eigenvalue weighted by atomic mass is 19.4. The molecule has 3 rings (SSSR count). The summed E-state index contributed by atoms with van der Waals surface area (Å²) in [5.41, 5.74) is 2.00. The number of H-pyrrole nitrogens is 1. The first kappa shape index (κ1) is 16.6. The van der Waals surface area contributed by atoms with Gasteiger partial charge in [0.1, 0.15) is 5.75 Å². The lowest BCUT2D eigenvalue weighted by Crippen LogP contribution is -2.17. The van der Waals surface area contributed by atoms with Gasteiger partial charge >= 0.3 is 6.36 Å². The first-order valence-electron chi connectivity index (χ1n) is 7.18. The Labute approximate surface area is 140 Å². The van der Waals surface area contributed by atoms with Crippen molar-refractivity contribution in [3.05, 3.63) is 66.4 Å². The molecule has 0 saturated heterocycles. The summed E-state index contributed by atoms with van der Waals surface area (Å²) in [6.07, 6.45) is -3.37. The summed E-state index contributed by atoms with van der Waals surface area (Å²) in [6, 6.07) is 14.1. The molecule has 0 aliphatic heterocycles. The molecule has 0 spiro atoms. The summed E-state index contributed by atoms with van der Waals surface area (Å²) in [5, 5.41) is 9.26. The lowest BCUT2D eigenvalue weighted by atomic mass is 10.1. The van der Waals surface area contributed by atoms with Gasteiger partial charge in [-0.05, 0) is 24.3 Å². The van der Waals surface area contributed by atoms with Gasteiger partial charge in [-0.1, -0.05) is 30.3 Å². The van der Waals surface area contributed by atoms with E-state index in [1.165, 1.54) is 18.3 Å². The van der Waals surface area contributed by atoms with Gasteiger partial charge in [0.05, 0.1) is 17.5 Å². The van der Waals surface area contributed by atoms with Gasteiger partial charge in [0.25, 0.3) is 5.91 Å². The van der Waals surface area contributed by atoms with E-state index >= 15 is 0 Å². The summed E-state index contributed by atoms with van der Waals surface area (Å²) in [4.78, 5) is 12.4. The Morgan fingerprint density at radius 3 is 2.36 bits per heavy atom. The van der Waals surface area contributed by atoms with Gasteiger partial charge in [0.15, 0.2) is 0 Å². The number of amides is 1. The van der Waals surface area contributed by atoms with Crippen LogP contribution in [0.3, 0.4) is 0 Å². The third-order valence-electron chi connectivity index (χ3n) is 3.29. The molecule has 2 N–H and O–H groups in total. The van der Waals surface area contributed by atoms with Crippen LogP contribution in [0.4, 0.5) is 18.9 Å². The van der Waals surface area contributed by atoms with Gasteiger partial charge in [0, 0.05) is 11.3 Å². The monoisotopic (exact) mass is 347 g/mol. The molecule has 0 atom stereocenters. The maximum Gasteiger partial charge on any atom is 0.573 e. The number of aromatic nitrogens is 2. The van der Waals surface area contributed by atoms with E-state index in [0.29, 0.717) is 16.9 Å². The molecule has 5 nitrogen and oxygen atoms in total. The summed E-state index contributed by atoms with van der Waals surface area (Å²) >= 11 is 0. The molecule has 25 heavy (non-hydrogen) atoms. The molecule has 1 heterocycles. The number of nitrogens with one attached hydrogen (secondary N) is 2. The summed E-state index contributed by atoms with van der Waals surface area (Å²) < 4.78 is 40.2. The highest BCUT2D eigenvalue weighted by Gasteiger charge is 2.31. The highest BCUT2D eigenvalue weighted by Crippen LogP contribution is 2.25. The minimum absolute atomic E-state index is 0.321. The molecule has 0 aliphatic rings. The quantitative estimate of drug-likeness (QED) is 0.742. The molecule has 0 saturated carbocycles. The second-order valence-corrected chi connectivity index (χ2v) is 5.05. The van der Waals surface area contributed by atoms with E-state index in [0.717, 1.165) is 17.7 Å². The van der Waals surface area contributed by atoms with E-state index in [4.69, 9.17) is 0 Å². The number of carbonyl (C=O) groups excluding carboxylic acids is 1. The molecule has 0 unspecified atom stereocenters. The Morgan fingerprint density at radius 1 is 1.04 bits per heavy atom. The number of carbonyl (C=O) groups is 1. The Bertz CT molecular complexity index is 859. The van der Waals surface area contributed by atoms with Crippen LogP contribution in [0.15, 0.2) is 60.8 Å². The van der Waals surface area contributed by atoms with Crippen LogP contribution >= 0.6 is 0 Å². The zero-order valence-electron chi connectivity index (χ0n) is 12.7. The third-order valence-corrected chi connectivity index (χ3v) is 3.29. The summed E-state index contributed by atoms with van der Waals surface area (Å²) in [7, 11) is 0. The molecular weight excluding hydrogens is 335 g/mol. The number of alkyl halides is 3. The van der Waals surface area contributed by atoms with Crippen LogP contribution in [0.2, 0.25) is 0 Å². The molecule has 8 heteroatoms. The smallest absolute Gasteiger partial charge is 0.406 e. The van der Waals surface area contributed by atoms with Crippen LogP contribution in [-0.2, 0) is 0 Å². The van der Waals surface area contributed by atoms with Crippen molar-refractivity contribution in [3.63, 3.8) is 0 Å².